The Kier molecular flexibility index (Phi) is 3.14. The van der Waals surface area contributed by atoms with Gasteiger partial charge in [-0.05, 0) is 13.8 Å². The third kappa shape index (κ3) is 2.72. The van der Waals surface area contributed by atoms with Crippen LogP contribution in [0.25, 0.3) is 0 Å². The van der Waals surface area contributed by atoms with Gasteiger partial charge in [0.15, 0.2) is 5.66 Å². The van der Waals surface area contributed by atoms with Crippen molar-refractivity contribution in [3.63, 3.8) is 0 Å². The molecule has 0 spiro atoms. The summed E-state index contributed by atoms with van der Waals surface area (Å²) in [5, 5.41) is 2.67. The molecule has 42 valence electrons. The summed E-state index contributed by atoms with van der Waals surface area (Å²) in [4.78, 5) is 0. The number of rotatable bonds is 2. The smallest absolute Gasteiger partial charge is 0.112 e. The lowest BCUT2D eigenvalue weighted by Gasteiger charge is -1.82. The number of nitrogens with one attached hydrogen (secondary N) is 1. The quantitative estimate of drug-likeness (QED) is 0.557. The Morgan fingerprint density at radius 1 is 1.57 bits per heavy atom. The van der Waals surface area contributed by atoms with Crippen LogP contribution < -0.4 is 5.09 Å². The van der Waals surface area contributed by atoms with Crippen LogP contribution in [0.1, 0.15) is 13.8 Å². The van der Waals surface area contributed by atoms with E-state index < -0.39 is 7.95 Å². The van der Waals surface area contributed by atoms with Gasteiger partial charge in [0.2, 0.25) is 0 Å². The highest BCUT2D eigenvalue weighted by molar-refractivity contribution is 7.43. The standard InChI is InChI=1S/C4H11NOP/c1-4(2)7(6)5-3/h4H,1-3H3,(H,5,6)/q+1. The second kappa shape index (κ2) is 3.11. The highest BCUT2D eigenvalue weighted by Crippen LogP contribution is 2.19. The molecule has 1 N–H and O–H groups in total. The van der Waals surface area contributed by atoms with Crippen molar-refractivity contribution in [3.05, 3.63) is 0 Å². The van der Waals surface area contributed by atoms with Gasteiger partial charge < -0.3 is 0 Å². The first-order valence-electron chi connectivity index (χ1n) is 2.32. The van der Waals surface area contributed by atoms with Gasteiger partial charge in [0.25, 0.3) is 0 Å². The molecule has 0 bridgehead atoms. The second-order valence-corrected chi connectivity index (χ2v) is 3.77. The molecule has 1 unspecified atom stereocenters. The van der Waals surface area contributed by atoms with Gasteiger partial charge in [0, 0.05) is 7.05 Å². The van der Waals surface area contributed by atoms with Crippen molar-refractivity contribution in [2.24, 2.45) is 0 Å². The summed E-state index contributed by atoms with van der Waals surface area (Å²) in [6.07, 6.45) is 0. The normalized spacial score (nSPS) is 12.3. The van der Waals surface area contributed by atoms with Crippen LogP contribution in [0.2, 0.25) is 0 Å². The maximum absolute atomic E-state index is 10.5. The molecule has 0 amide bonds. The Bertz CT molecular complexity index is 72.1. The zero-order valence-corrected chi connectivity index (χ0v) is 5.83. The molecular formula is C4H11NOP+. The first-order chi connectivity index (χ1) is 3.18. The summed E-state index contributed by atoms with van der Waals surface area (Å²) in [5.41, 5.74) is 0.264. The zero-order valence-electron chi connectivity index (χ0n) is 4.93. The molecule has 0 radical (unpaired) electrons. The van der Waals surface area contributed by atoms with E-state index in [0.717, 1.165) is 0 Å². The van der Waals surface area contributed by atoms with Crippen molar-refractivity contribution in [2.75, 3.05) is 7.05 Å². The fraction of sp³-hybridized carbons (Fsp3) is 1.00. The largest absolute Gasteiger partial charge is 0.434 e. The lowest BCUT2D eigenvalue weighted by Crippen LogP contribution is -1.99. The Morgan fingerprint density at radius 2 is 2.00 bits per heavy atom. The Labute approximate surface area is 45.1 Å². The minimum absolute atomic E-state index is 0.264. The van der Waals surface area contributed by atoms with Crippen LogP contribution in [0.4, 0.5) is 0 Å². The summed E-state index contributed by atoms with van der Waals surface area (Å²) >= 11 is 0. The van der Waals surface area contributed by atoms with Crippen LogP contribution >= 0.6 is 7.95 Å². The third-order valence-corrected chi connectivity index (χ3v) is 2.07. The molecule has 0 aromatic heterocycles. The van der Waals surface area contributed by atoms with E-state index in [2.05, 4.69) is 5.09 Å². The van der Waals surface area contributed by atoms with E-state index in [4.69, 9.17) is 0 Å². The Morgan fingerprint density at radius 3 is 2.00 bits per heavy atom. The van der Waals surface area contributed by atoms with Gasteiger partial charge in [-0.3, -0.25) is 0 Å². The molecule has 3 heteroatoms. The van der Waals surface area contributed by atoms with E-state index in [1.165, 1.54) is 0 Å². The van der Waals surface area contributed by atoms with Crippen LogP contribution in [-0.4, -0.2) is 12.7 Å². The average Bonchev–Trinajstić information content (AvgIpc) is 1.65. The molecule has 0 fully saturated rings. The van der Waals surface area contributed by atoms with E-state index >= 15 is 0 Å². The zero-order chi connectivity index (χ0) is 5.86. The predicted octanol–water partition coefficient (Wildman–Crippen LogP) is 1.36. The first-order valence-corrected chi connectivity index (χ1v) is 3.65. The van der Waals surface area contributed by atoms with Gasteiger partial charge in [0.1, 0.15) is 0 Å². The molecule has 0 aliphatic heterocycles. The third-order valence-electron chi connectivity index (χ3n) is 0.689. The van der Waals surface area contributed by atoms with Crippen molar-refractivity contribution in [2.45, 2.75) is 19.5 Å². The van der Waals surface area contributed by atoms with Gasteiger partial charge in [-0.15, -0.1) is 5.09 Å². The van der Waals surface area contributed by atoms with E-state index in [-0.39, 0.29) is 5.66 Å². The second-order valence-electron chi connectivity index (χ2n) is 1.64. The molecule has 2 nitrogen and oxygen atoms in total. The number of hydrogen-bond acceptors (Lipinski definition) is 1. The van der Waals surface area contributed by atoms with E-state index in [9.17, 15) is 4.57 Å². The summed E-state index contributed by atoms with van der Waals surface area (Å²) < 4.78 is 10.5. The summed E-state index contributed by atoms with van der Waals surface area (Å²) in [5.74, 6) is 0. The van der Waals surface area contributed by atoms with E-state index in [1.54, 1.807) is 7.05 Å². The molecule has 0 aromatic rings. The molecule has 1 atom stereocenters. The Hall–Kier alpha value is 0.0600. The SMILES string of the molecule is CN[P+](=O)C(C)C. The topological polar surface area (TPSA) is 29.1 Å². The molecule has 0 aromatic carbocycles. The first kappa shape index (κ1) is 7.06. The molecule has 0 rings (SSSR count). The van der Waals surface area contributed by atoms with Crippen LogP contribution in [0.3, 0.4) is 0 Å². The van der Waals surface area contributed by atoms with Gasteiger partial charge in [-0.1, -0.05) is 4.57 Å². The summed E-state index contributed by atoms with van der Waals surface area (Å²) in [6.45, 7) is 3.85. The van der Waals surface area contributed by atoms with Gasteiger partial charge >= 0.3 is 7.95 Å². The maximum Gasteiger partial charge on any atom is 0.434 e. The van der Waals surface area contributed by atoms with Gasteiger partial charge in [-0.2, -0.15) is 0 Å². The minimum Gasteiger partial charge on any atom is -0.112 e. The van der Waals surface area contributed by atoms with Gasteiger partial charge in [0.05, 0.1) is 0 Å². The Balaban J connectivity index is 3.35. The van der Waals surface area contributed by atoms with Crippen LogP contribution in [0.5, 0.6) is 0 Å². The lowest BCUT2D eigenvalue weighted by atomic mass is 10.6. The highest BCUT2D eigenvalue weighted by Gasteiger charge is 2.16. The average molecular weight is 120 g/mol. The van der Waals surface area contributed by atoms with E-state index in [0.29, 0.717) is 0 Å². The molecule has 0 aliphatic rings. The molecule has 0 heterocycles. The monoisotopic (exact) mass is 120 g/mol. The van der Waals surface area contributed by atoms with Gasteiger partial charge in [-0.25, -0.2) is 0 Å². The van der Waals surface area contributed by atoms with Crippen LogP contribution in [0, 0.1) is 0 Å². The highest BCUT2D eigenvalue weighted by atomic mass is 31.1. The summed E-state index contributed by atoms with van der Waals surface area (Å²) in [7, 11) is 0.570. The molecule has 7 heavy (non-hydrogen) atoms. The molecular weight excluding hydrogens is 109 g/mol. The van der Waals surface area contributed by atoms with Crippen molar-refractivity contribution in [1.82, 2.24) is 5.09 Å². The molecule has 0 saturated carbocycles. The minimum atomic E-state index is -1.14. The van der Waals surface area contributed by atoms with E-state index in [1.807, 2.05) is 13.8 Å². The maximum atomic E-state index is 10.5. The summed E-state index contributed by atoms with van der Waals surface area (Å²) in [6, 6.07) is 0. The van der Waals surface area contributed by atoms with Crippen molar-refractivity contribution < 1.29 is 4.57 Å². The molecule has 0 aliphatic carbocycles. The van der Waals surface area contributed by atoms with Crippen LogP contribution in [0.15, 0.2) is 0 Å². The molecule has 0 saturated heterocycles. The van der Waals surface area contributed by atoms with Crippen molar-refractivity contribution >= 4 is 7.95 Å². The van der Waals surface area contributed by atoms with Crippen molar-refractivity contribution in [1.29, 1.82) is 0 Å². The fourth-order valence-electron chi connectivity index (χ4n) is 0.258. The fourth-order valence-corrected chi connectivity index (χ4v) is 0.775. The predicted molar refractivity (Wildman–Crippen MR) is 31.8 cm³/mol. The lowest BCUT2D eigenvalue weighted by molar-refractivity contribution is 0.577. The number of hydrogen-bond donors (Lipinski definition) is 1. The van der Waals surface area contributed by atoms with Crippen LogP contribution in [-0.2, 0) is 4.57 Å². The van der Waals surface area contributed by atoms with Crippen molar-refractivity contribution in [3.8, 4) is 0 Å².